The number of rotatable bonds is 3. The van der Waals surface area contributed by atoms with E-state index >= 15 is 0 Å². The van der Waals surface area contributed by atoms with Crippen molar-refractivity contribution >= 4 is 11.1 Å². The number of fused-ring (bicyclic) bond motifs is 1. The van der Waals surface area contributed by atoms with Gasteiger partial charge < -0.3 is 13.9 Å². The van der Waals surface area contributed by atoms with Gasteiger partial charge in [0.15, 0.2) is 5.58 Å². The Morgan fingerprint density at radius 2 is 2.00 bits per heavy atom. The van der Waals surface area contributed by atoms with Gasteiger partial charge in [-0.3, -0.25) is 4.57 Å². The number of oxazole rings is 1. The molecule has 1 unspecified atom stereocenters. The summed E-state index contributed by atoms with van der Waals surface area (Å²) in [6.07, 6.45) is -0.804. The third-order valence-corrected chi connectivity index (χ3v) is 3.70. The Morgan fingerprint density at radius 3 is 2.62 bits per heavy atom. The fourth-order valence-corrected chi connectivity index (χ4v) is 2.65. The van der Waals surface area contributed by atoms with E-state index in [4.69, 9.17) is 8.83 Å². The van der Waals surface area contributed by atoms with Crippen LogP contribution in [0.4, 0.5) is 0 Å². The highest BCUT2D eigenvalue weighted by atomic mass is 16.4. The maximum atomic E-state index is 11.7. The molecule has 0 fully saturated rings. The first kappa shape index (κ1) is 13.7. The minimum Gasteiger partial charge on any atom is -0.466 e. The summed E-state index contributed by atoms with van der Waals surface area (Å²) in [5.74, 6) is 1.06. The quantitative estimate of drug-likeness (QED) is 0.804. The molecular weight excluding hydrogens is 270 g/mol. The van der Waals surface area contributed by atoms with Crippen molar-refractivity contribution < 1.29 is 13.9 Å². The lowest BCUT2D eigenvalue weighted by Crippen LogP contribution is -2.11. The lowest BCUT2D eigenvalue weighted by atomic mass is 10.0. The third-order valence-electron chi connectivity index (χ3n) is 3.70. The van der Waals surface area contributed by atoms with Crippen LogP contribution in [0.1, 0.15) is 35.7 Å². The van der Waals surface area contributed by atoms with Gasteiger partial charge in [0.2, 0.25) is 0 Å². The van der Waals surface area contributed by atoms with Crippen LogP contribution in [0, 0.1) is 13.8 Å². The minimum absolute atomic E-state index is 0.380. The lowest BCUT2D eigenvalue weighted by molar-refractivity contribution is 0.218. The van der Waals surface area contributed by atoms with Crippen molar-refractivity contribution in [2.75, 3.05) is 0 Å². The van der Waals surface area contributed by atoms with E-state index in [9.17, 15) is 9.90 Å². The molecule has 1 N–H and O–H groups in total. The van der Waals surface area contributed by atoms with Gasteiger partial charge in [0.1, 0.15) is 17.6 Å². The number of hydrogen-bond acceptors (Lipinski definition) is 4. The molecular formula is C16H17NO4. The van der Waals surface area contributed by atoms with Gasteiger partial charge in [-0.15, -0.1) is 0 Å². The molecule has 21 heavy (non-hydrogen) atoms. The average Bonchev–Trinajstić information content (AvgIpc) is 2.95. The zero-order valence-electron chi connectivity index (χ0n) is 12.2. The van der Waals surface area contributed by atoms with Crippen molar-refractivity contribution in [3.8, 4) is 0 Å². The second-order valence-electron chi connectivity index (χ2n) is 5.11. The minimum atomic E-state index is -0.804. The average molecular weight is 287 g/mol. The van der Waals surface area contributed by atoms with E-state index in [1.165, 1.54) is 0 Å². The van der Waals surface area contributed by atoms with Gasteiger partial charge in [0.05, 0.1) is 5.52 Å². The van der Waals surface area contributed by atoms with Crippen LogP contribution >= 0.6 is 0 Å². The van der Waals surface area contributed by atoms with Crippen LogP contribution in [0.3, 0.4) is 0 Å². The summed E-state index contributed by atoms with van der Waals surface area (Å²) < 4.78 is 12.2. The number of aromatic nitrogens is 1. The van der Waals surface area contributed by atoms with Crippen LogP contribution in [0.15, 0.2) is 37.9 Å². The van der Waals surface area contributed by atoms with Crippen LogP contribution in [-0.2, 0) is 6.54 Å². The predicted octanol–water partition coefficient (Wildman–Crippen LogP) is 2.91. The van der Waals surface area contributed by atoms with Crippen molar-refractivity contribution in [3.63, 3.8) is 0 Å². The summed E-state index contributed by atoms with van der Waals surface area (Å²) >= 11 is 0. The van der Waals surface area contributed by atoms with Crippen molar-refractivity contribution in [1.29, 1.82) is 0 Å². The second-order valence-corrected chi connectivity index (χ2v) is 5.11. The molecule has 0 aliphatic rings. The Labute approximate surface area is 121 Å². The van der Waals surface area contributed by atoms with Gasteiger partial charge in [-0.25, -0.2) is 4.79 Å². The van der Waals surface area contributed by atoms with Crippen LogP contribution in [0.2, 0.25) is 0 Å². The number of hydrogen-bond donors (Lipinski definition) is 1. The summed E-state index contributed by atoms with van der Waals surface area (Å²) in [4.78, 5) is 11.7. The Hall–Kier alpha value is -2.27. The predicted molar refractivity (Wildman–Crippen MR) is 78.4 cm³/mol. The standard InChI is InChI=1S/C16H17NO4/c1-4-17-13-6-5-11(8-14(13)21-16(17)19)15(18)12-7-9(2)20-10(12)3/h5-8,15,18H,4H2,1-3H3. The monoisotopic (exact) mass is 287 g/mol. The van der Waals surface area contributed by atoms with Crippen molar-refractivity contribution in [3.05, 3.63) is 57.5 Å². The number of aryl methyl sites for hydroxylation is 3. The normalized spacial score (nSPS) is 13.0. The van der Waals surface area contributed by atoms with E-state index < -0.39 is 6.10 Å². The topological polar surface area (TPSA) is 68.5 Å². The fraction of sp³-hybridized carbons (Fsp3) is 0.312. The highest BCUT2D eigenvalue weighted by molar-refractivity contribution is 5.74. The number of benzene rings is 1. The van der Waals surface area contributed by atoms with E-state index in [0.29, 0.717) is 23.5 Å². The van der Waals surface area contributed by atoms with E-state index in [1.807, 2.05) is 26.8 Å². The van der Waals surface area contributed by atoms with Crippen molar-refractivity contribution in [2.24, 2.45) is 0 Å². The molecule has 0 aliphatic heterocycles. The van der Waals surface area contributed by atoms with Crippen LogP contribution < -0.4 is 5.76 Å². The number of aliphatic hydroxyl groups excluding tert-OH is 1. The van der Waals surface area contributed by atoms with Gasteiger partial charge in [0.25, 0.3) is 0 Å². The summed E-state index contributed by atoms with van der Waals surface area (Å²) in [6.45, 7) is 6.09. The summed E-state index contributed by atoms with van der Waals surface area (Å²) in [5.41, 5.74) is 2.61. The molecule has 2 aromatic heterocycles. The molecule has 5 heteroatoms. The molecule has 0 saturated carbocycles. The lowest BCUT2D eigenvalue weighted by Gasteiger charge is -2.10. The summed E-state index contributed by atoms with van der Waals surface area (Å²) in [6, 6.07) is 7.12. The number of furan rings is 1. The van der Waals surface area contributed by atoms with E-state index in [2.05, 4.69) is 0 Å². The van der Waals surface area contributed by atoms with Gasteiger partial charge in [-0.2, -0.15) is 0 Å². The van der Waals surface area contributed by atoms with Crippen LogP contribution in [0.5, 0.6) is 0 Å². The molecule has 110 valence electrons. The maximum Gasteiger partial charge on any atom is 0.419 e. The zero-order chi connectivity index (χ0) is 15.1. The third kappa shape index (κ3) is 2.19. The van der Waals surface area contributed by atoms with Gasteiger partial charge in [-0.1, -0.05) is 6.07 Å². The molecule has 0 amide bonds. The Kier molecular flexibility index (Phi) is 3.22. The Bertz CT molecular complexity index is 853. The number of nitrogens with zero attached hydrogens (tertiary/aromatic N) is 1. The second kappa shape index (κ2) is 4.93. The number of aliphatic hydroxyl groups is 1. The highest BCUT2D eigenvalue weighted by Crippen LogP contribution is 2.29. The van der Waals surface area contributed by atoms with E-state index in [-0.39, 0.29) is 5.76 Å². The van der Waals surface area contributed by atoms with Crippen LogP contribution in [0.25, 0.3) is 11.1 Å². The first-order valence-corrected chi connectivity index (χ1v) is 6.89. The van der Waals surface area contributed by atoms with Crippen molar-refractivity contribution in [2.45, 2.75) is 33.4 Å². The largest absolute Gasteiger partial charge is 0.466 e. The van der Waals surface area contributed by atoms with Crippen LogP contribution in [-0.4, -0.2) is 9.67 Å². The van der Waals surface area contributed by atoms with E-state index in [1.54, 1.807) is 22.8 Å². The molecule has 2 heterocycles. The maximum absolute atomic E-state index is 11.7. The Morgan fingerprint density at radius 1 is 1.24 bits per heavy atom. The first-order chi connectivity index (χ1) is 10.0. The SMILES string of the molecule is CCn1c(=O)oc2cc(C(O)c3cc(C)oc3C)ccc21. The molecule has 1 atom stereocenters. The molecule has 3 aromatic rings. The smallest absolute Gasteiger partial charge is 0.419 e. The molecule has 1 aromatic carbocycles. The molecule has 3 rings (SSSR count). The summed E-state index contributed by atoms with van der Waals surface area (Å²) in [7, 11) is 0. The van der Waals surface area contributed by atoms with E-state index in [0.717, 1.165) is 16.8 Å². The highest BCUT2D eigenvalue weighted by Gasteiger charge is 2.18. The zero-order valence-corrected chi connectivity index (χ0v) is 12.2. The molecule has 0 aliphatic carbocycles. The van der Waals surface area contributed by atoms with Gasteiger partial charge in [0, 0.05) is 12.1 Å². The van der Waals surface area contributed by atoms with Gasteiger partial charge >= 0.3 is 5.76 Å². The molecule has 0 bridgehead atoms. The molecule has 0 spiro atoms. The first-order valence-electron chi connectivity index (χ1n) is 6.89. The van der Waals surface area contributed by atoms with Gasteiger partial charge in [-0.05, 0) is 44.5 Å². The molecule has 0 saturated heterocycles. The Balaban J connectivity index is 2.09. The summed E-state index contributed by atoms with van der Waals surface area (Å²) in [5, 5.41) is 10.5. The van der Waals surface area contributed by atoms with Crippen molar-refractivity contribution in [1.82, 2.24) is 4.57 Å². The fourth-order valence-electron chi connectivity index (χ4n) is 2.65. The molecule has 0 radical (unpaired) electrons. The molecule has 5 nitrogen and oxygen atoms in total.